The van der Waals surface area contributed by atoms with E-state index in [1.165, 1.54) is 5.56 Å². The van der Waals surface area contributed by atoms with Crippen LogP contribution in [0.4, 0.5) is 17.2 Å². The number of anilines is 3. The minimum absolute atomic E-state index is 0.248. The summed E-state index contributed by atoms with van der Waals surface area (Å²) >= 11 is 0. The molecule has 0 aliphatic rings. The van der Waals surface area contributed by atoms with Crippen LogP contribution >= 0.6 is 0 Å². The highest BCUT2D eigenvalue weighted by Gasteiger charge is 2.14. The number of hydrogen-bond acceptors (Lipinski definition) is 4. The topological polar surface area (TPSA) is 66.9 Å². The van der Waals surface area contributed by atoms with Gasteiger partial charge in [0, 0.05) is 17.4 Å². The highest BCUT2D eigenvalue weighted by atomic mass is 16.1. The zero-order valence-electron chi connectivity index (χ0n) is 15.4. The highest BCUT2D eigenvalue weighted by Crippen LogP contribution is 2.23. The van der Waals surface area contributed by atoms with E-state index >= 15 is 0 Å². The number of aryl methyl sites for hydroxylation is 4. The summed E-state index contributed by atoms with van der Waals surface area (Å²) in [5, 5.41) is 6.19. The lowest BCUT2D eigenvalue weighted by atomic mass is 10.0. The minimum atomic E-state index is -0.248. The first-order chi connectivity index (χ1) is 12.4. The SMILES string of the molecule is Cc1cc(C)c(NC(=O)c2cc(Nc3ccccc3)nc(C)n2)c(C)c1. The third-order valence-electron chi connectivity index (χ3n) is 4.03. The molecule has 0 fully saturated rings. The van der Waals surface area contributed by atoms with Gasteiger partial charge in [-0.1, -0.05) is 35.9 Å². The monoisotopic (exact) mass is 346 g/mol. The molecule has 26 heavy (non-hydrogen) atoms. The molecule has 0 bridgehead atoms. The van der Waals surface area contributed by atoms with Gasteiger partial charge < -0.3 is 10.6 Å². The van der Waals surface area contributed by atoms with Gasteiger partial charge in [-0.3, -0.25) is 4.79 Å². The summed E-state index contributed by atoms with van der Waals surface area (Å²) in [4.78, 5) is 21.4. The molecule has 0 unspecified atom stereocenters. The summed E-state index contributed by atoms with van der Waals surface area (Å²) in [5.41, 5.74) is 5.30. The Labute approximate surface area is 153 Å². The molecule has 0 saturated heterocycles. The van der Waals surface area contributed by atoms with Crippen molar-refractivity contribution in [3.05, 3.63) is 76.7 Å². The van der Waals surface area contributed by atoms with Gasteiger partial charge in [-0.05, 0) is 51.0 Å². The van der Waals surface area contributed by atoms with E-state index in [1.807, 2.05) is 51.1 Å². The van der Waals surface area contributed by atoms with Crippen LogP contribution in [-0.4, -0.2) is 15.9 Å². The van der Waals surface area contributed by atoms with Gasteiger partial charge in [0.05, 0.1) is 0 Å². The van der Waals surface area contributed by atoms with E-state index in [4.69, 9.17) is 0 Å². The van der Waals surface area contributed by atoms with E-state index in [0.717, 1.165) is 22.5 Å². The number of aromatic nitrogens is 2. The lowest BCUT2D eigenvalue weighted by Gasteiger charge is -2.13. The van der Waals surface area contributed by atoms with Crippen LogP contribution in [0.2, 0.25) is 0 Å². The van der Waals surface area contributed by atoms with E-state index in [-0.39, 0.29) is 5.91 Å². The molecule has 3 aromatic rings. The predicted octanol–water partition coefficient (Wildman–Crippen LogP) is 4.71. The first-order valence-electron chi connectivity index (χ1n) is 8.49. The molecular weight excluding hydrogens is 324 g/mol. The second kappa shape index (κ2) is 7.35. The second-order valence-corrected chi connectivity index (χ2v) is 6.40. The standard InChI is InChI=1S/C21H22N4O/c1-13-10-14(2)20(15(3)11-13)25-21(26)18-12-19(23-16(4)22-18)24-17-8-6-5-7-9-17/h5-12H,1-4H3,(H,25,26)(H,22,23,24). The fourth-order valence-electron chi connectivity index (χ4n) is 2.97. The van der Waals surface area contributed by atoms with Gasteiger partial charge in [-0.15, -0.1) is 0 Å². The van der Waals surface area contributed by atoms with Crippen LogP contribution in [0.15, 0.2) is 48.5 Å². The van der Waals surface area contributed by atoms with Crippen LogP contribution in [0.3, 0.4) is 0 Å². The van der Waals surface area contributed by atoms with Crippen molar-refractivity contribution in [3.8, 4) is 0 Å². The highest BCUT2D eigenvalue weighted by molar-refractivity contribution is 6.04. The number of nitrogens with one attached hydrogen (secondary N) is 2. The van der Waals surface area contributed by atoms with Crippen molar-refractivity contribution in [1.82, 2.24) is 9.97 Å². The Morgan fingerprint density at radius 1 is 0.885 bits per heavy atom. The molecule has 0 atom stereocenters. The largest absolute Gasteiger partial charge is 0.340 e. The molecule has 1 amide bonds. The second-order valence-electron chi connectivity index (χ2n) is 6.40. The zero-order valence-corrected chi connectivity index (χ0v) is 15.4. The van der Waals surface area contributed by atoms with Crippen LogP contribution in [0.1, 0.15) is 33.0 Å². The molecule has 2 aromatic carbocycles. The van der Waals surface area contributed by atoms with Gasteiger partial charge in [-0.25, -0.2) is 9.97 Å². The fraction of sp³-hybridized carbons (Fsp3) is 0.190. The van der Waals surface area contributed by atoms with Crippen LogP contribution in [0.5, 0.6) is 0 Å². The van der Waals surface area contributed by atoms with Crippen LogP contribution in [0, 0.1) is 27.7 Å². The number of nitrogens with zero attached hydrogens (tertiary/aromatic N) is 2. The molecule has 132 valence electrons. The number of carbonyl (C=O) groups excluding carboxylic acids is 1. The smallest absolute Gasteiger partial charge is 0.274 e. The summed E-state index contributed by atoms with van der Waals surface area (Å²) in [5.74, 6) is 0.876. The average Bonchev–Trinajstić information content (AvgIpc) is 2.58. The maximum absolute atomic E-state index is 12.7. The molecule has 2 N–H and O–H groups in total. The van der Waals surface area contributed by atoms with Crippen LogP contribution in [0.25, 0.3) is 0 Å². The van der Waals surface area contributed by atoms with E-state index in [2.05, 4.69) is 32.7 Å². The summed E-state index contributed by atoms with van der Waals surface area (Å²) in [6.45, 7) is 7.79. The molecule has 0 radical (unpaired) electrons. The first kappa shape index (κ1) is 17.6. The first-order valence-corrected chi connectivity index (χ1v) is 8.49. The van der Waals surface area contributed by atoms with E-state index in [1.54, 1.807) is 13.0 Å². The third kappa shape index (κ3) is 4.06. The molecule has 0 aliphatic heterocycles. The Kier molecular flexibility index (Phi) is 4.98. The quantitative estimate of drug-likeness (QED) is 0.718. The third-order valence-corrected chi connectivity index (χ3v) is 4.03. The molecule has 0 spiro atoms. The number of benzene rings is 2. The van der Waals surface area contributed by atoms with E-state index in [0.29, 0.717) is 17.3 Å². The molecule has 3 rings (SSSR count). The van der Waals surface area contributed by atoms with Gasteiger partial charge in [0.1, 0.15) is 17.3 Å². The van der Waals surface area contributed by atoms with Crippen molar-refractivity contribution in [2.45, 2.75) is 27.7 Å². The Morgan fingerprint density at radius 2 is 1.54 bits per heavy atom. The van der Waals surface area contributed by atoms with Crippen LogP contribution in [-0.2, 0) is 0 Å². The molecule has 0 aliphatic carbocycles. The van der Waals surface area contributed by atoms with Crippen molar-refractivity contribution >= 4 is 23.1 Å². The molecule has 5 nitrogen and oxygen atoms in total. The Morgan fingerprint density at radius 3 is 2.19 bits per heavy atom. The lowest BCUT2D eigenvalue weighted by Crippen LogP contribution is -2.17. The molecule has 5 heteroatoms. The zero-order chi connectivity index (χ0) is 18.7. The van der Waals surface area contributed by atoms with Gasteiger partial charge in [0.15, 0.2) is 0 Å². The van der Waals surface area contributed by atoms with Crippen molar-refractivity contribution in [2.75, 3.05) is 10.6 Å². The fourth-order valence-corrected chi connectivity index (χ4v) is 2.97. The van der Waals surface area contributed by atoms with Gasteiger partial charge in [-0.2, -0.15) is 0 Å². The number of para-hydroxylation sites is 1. The summed E-state index contributed by atoms with van der Waals surface area (Å²) in [6, 6.07) is 15.5. The van der Waals surface area contributed by atoms with Crippen molar-refractivity contribution in [1.29, 1.82) is 0 Å². The van der Waals surface area contributed by atoms with E-state index in [9.17, 15) is 4.79 Å². The number of carbonyl (C=O) groups is 1. The Hall–Kier alpha value is -3.21. The summed E-state index contributed by atoms with van der Waals surface area (Å²) in [7, 11) is 0. The summed E-state index contributed by atoms with van der Waals surface area (Å²) in [6.07, 6.45) is 0. The molecule has 0 saturated carbocycles. The van der Waals surface area contributed by atoms with Gasteiger partial charge in [0.2, 0.25) is 0 Å². The predicted molar refractivity (Wildman–Crippen MR) is 105 cm³/mol. The molecule has 1 heterocycles. The Bertz CT molecular complexity index is 928. The average molecular weight is 346 g/mol. The minimum Gasteiger partial charge on any atom is -0.340 e. The van der Waals surface area contributed by atoms with Gasteiger partial charge in [0.25, 0.3) is 5.91 Å². The van der Waals surface area contributed by atoms with Gasteiger partial charge >= 0.3 is 0 Å². The molecular formula is C21H22N4O. The number of amides is 1. The van der Waals surface area contributed by atoms with E-state index < -0.39 is 0 Å². The van der Waals surface area contributed by atoms with Crippen molar-refractivity contribution < 1.29 is 4.79 Å². The number of hydrogen-bond donors (Lipinski definition) is 2. The summed E-state index contributed by atoms with van der Waals surface area (Å²) < 4.78 is 0. The maximum atomic E-state index is 12.7. The lowest BCUT2D eigenvalue weighted by molar-refractivity contribution is 0.102. The maximum Gasteiger partial charge on any atom is 0.274 e. The normalized spacial score (nSPS) is 10.5. The van der Waals surface area contributed by atoms with Crippen LogP contribution < -0.4 is 10.6 Å². The van der Waals surface area contributed by atoms with Crippen molar-refractivity contribution in [2.24, 2.45) is 0 Å². The molecule has 1 aromatic heterocycles. The number of rotatable bonds is 4. The Balaban J connectivity index is 1.86. The van der Waals surface area contributed by atoms with Crippen molar-refractivity contribution in [3.63, 3.8) is 0 Å².